The molecule has 3 rings (SSSR count). The fourth-order valence-corrected chi connectivity index (χ4v) is 2.70. The van der Waals surface area contributed by atoms with Crippen LogP contribution >= 0.6 is 0 Å². The number of non-ortho nitro benzene ring substituents is 1. The van der Waals surface area contributed by atoms with Gasteiger partial charge in [-0.3, -0.25) is 10.1 Å². The number of rotatable bonds is 5. The van der Waals surface area contributed by atoms with Gasteiger partial charge in [0.05, 0.1) is 33.2 Å². The van der Waals surface area contributed by atoms with Crippen molar-refractivity contribution in [1.82, 2.24) is 9.97 Å². The Bertz CT molecular complexity index is 938. The first kappa shape index (κ1) is 16.5. The van der Waals surface area contributed by atoms with E-state index in [9.17, 15) is 15.4 Å². The monoisotopic (exact) mass is 335 g/mol. The van der Waals surface area contributed by atoms with Gasteiger partial charge in [0.25, 0.3) is 5.69 Å². The van der Waals surface area contributed by atoms with Gasteiger partial charge in [-0.25, -0.2) is 4.98 Å². The molecular formula is C18H17N5O2. The molecule has 0 saturated carbocycles. The highest BCUT2D eigenvalue weighted by atomic mass is 16.6. The largest absolute Gasteiger partial charge is 0.374 e. The molecule has 0 unspecified atom stereocenters. The first-order chi connectivity index (χ1) is 12.0. The van der Waals surface area contributed by atoms with Gasteiger partial charge in [-0.15, -0.1) is 0 Å². The molecule has 0 fully saturated rings. The van der Waals surface area contributed by atoms with Crippen LogP contribution in [0.1, 0.15) is 31.3 Å². The number of nitro benzene ring substituents is 1. The lowest BCUT2D eigenvalue weighted by Crippen LogP contribution is -2.19. The summed E-state index contributed by atoms with van der Waals surface area (Å²) >= 11 is 0. The Morgan fingerprint density at radius 1 is 1.28 bits per heavy atom. The number of aromatic nitrogens is 2. The number of nitriles is 1. The van der Waals surface area contributed by atoms with E-state index in [0.29, 0.717) is 5.69 Å². The molecule has 1 aromatic heterocycles. The van der Waals surface area contributed by atoms with Crippen molar-refractivity contribution in [3.05, 3.63) is 64.0 Å². The molecule has 7 heteroatoms. The van der Waals surface area contributed by atoms with Crippen molar-refractivity contribution in [2.24, 2.45) is 5.92 Å². The SMILES string of the molecule is CC(C)[C@@H](Nc1ccc([N+](=O)[O-])cc1C#N)c1nc2ccccc2[nH]1. The molecule has 0 aliphatic heterocycles. The van der Waals surface area contributed by atoms with Gasteiger partial charge in [-0.1, -0.05) is 26.0 Å². The third-order valence-electron chi connectivity index (χ3n) is 4.01. The summed E-state index contributed by atoms with van der Waals surface area (Å²) in [6.45, 7) is 4.09. The fourth-order valence-electron chi connectivity index (χ4n) is 2.70. The number of imidazole rings is 1. The predicted molar refractivity (Wildman–Crippen MR) is 95.1 cm³/mol. The van der Waals surface area contributed by atoms with Crippen LogP contribution < -0.4 is 5.32 Å². The number of para-hydroxylation sites is 2. The molecule has 126 valence electrons. The predicted octanol–water partition coefficient (Wildman–Crippen LogP) is 4.15. The minimum atomic E-state index is -0.510. The molecular weight excluding hydrogens is 318 g/mol. The molecule has 0 bridgehead atoms. The van der Waals surface area contributed by atoms with Crippen molar-refractivity contribution in [2.75, 3.05) is 5.32 Å². The Morgan fingerprint density at radius 2 is 2.04 bits per heavy atom. The zero-order valence-electron chi connectivity index (χ0n) is 13.9. The lowest BCUT2D eigenvalue weighted by Gasteiger charge is -2.22. The summed E-state index contributed by atoms with van der Waals surface area (Å²) in [5.41, 5.74) is 2.48. The van der Waals surface area contributed by atoms with Crippen LogP contribution in [0.5, 0.6) is 0 Å². The molecule has 1 heterocycles. The Morgan fingerprint density at radius 3 is 2.68 bits per heavy atom. The number of fused-ring (bicyclic) bond motifs is 1. The molecule has 2 aromatic carbocycles. The number of benzene rings is 2. The summed E-state index contributed by atoms with van der Waals surface area (Å²) in [7, 11) is 0. The average molecular weight is 335 g/mol. The summed E-state index contributed by atoms with van der Waals surface area (Å²) in [5.74, 6) is 0.945. The fraction of sp³-hybridized carbons (Fsp3) is 0.222. The lowest BCUT2D eigenvalue weighted by molar-refractivity contribution is -0.384. The van der Waals surface area contributed by atoms with Crippen LogP contribution in [0.4, 0.5) is 11.4 Å². The van der Waals surface area contributed by atoms with E-state index in [1.54, 1.807) is 6.07 Å². The van der Waals surface area contributed by atoms with Crippen LogP contribution in [0.3, 0.4) is 0 Å². The minimum Gasteiger partial charge on any atom is -0.374 e. The summed E-state index contributed by atoms with van der Waals surface area (Å²) in [4.78, 5) is 18.3. The Balaban J connectivity index is 1.97. The van der Waals surface area contributed by atoms with Crippen LogP contribution in [0, 0.1) is 27.4 Å². The number of nitrogens with zero attached hydrogens (tertiary/aromatic N) is 3. The van der Waals surface area contributed by atoms with Gasteiger partial charge in [0.15, 0.2) is 0 Å². The Kier molecular flexibility index (Phi) is 4.35. The number of H-pyrrole nitrogens is 1. The van der Waals surface area contributed by atoms with Crippen molar-refractivity contribution in [3.63, 3.8) is 0 Å². The first-order valence-corrected chi connectivity index (χ1v) is 7.89. The molecule has 3 aromatic rings. The number of nitro groups is 1. The second-order valence-electron chi connectivity index (χ2n) is 6.10. The van der Waals surface area contributed by atoms with Crippen LogP contribution in [-0.4, -0.2) is 14.9 Å². The van der Waals surface area contributed by atoms with Gasteiger partial charge in [0.2, 0.25) is 0 Å². The number of anilines is 1. The van der Waals surface area contributed by atoms with Gasteiger partial charge in [0, 0.05) is 12.1 Å². The van der Waals surface area contributed by atoms with Gasteiger partial charge in [-0.05, 0) is 24.1 Å². The molecule has 0 spiro atoms. The van der Waals surface area contributed by atoms with E-state index in [-0.39, 0.29) is 23.2 Å². The van der Waals surface area contributed by atoms with Crippen molar-refractivity contribution in [3.8, 4) is 6.07 Å². The molecule has 7 nitrogen and oxygen atoms in total. The molecule has 25 heavy (non-hydrogen) atoms. The third-order valence-corrected chi connectivity index (χ3v) is 4.01. The minimum absolute atomic E-state index is 0.105. The molecule has 0 amide bonds. The highest BCUT2D eigenvalue weighted by Crippen LogP contribution is 2.29. The van der Waals surface area contributed by atoms with E-state index in [1.165, 1.54) is 12.1 Å². The normalized spacial score (nSPS) is 12.1. The van der Waals surface area contributed by atoms with Crippen LogP contribution in [0.15, 0.2) is 42.5 Å². The van der Waals surface area contributed by atoms with Crippen molar-refractivity contribution in [2.45, 2.75) is 19.9 Å². The molecule has 1 atom stereocenters. The van der Waals surface area contributed by atoms with Gasteiger partial charge in [0.1, 0.15) is 11.9 Å². The maximum absolute atomic E-state index is 10.9. The molecule has 2 N–H and O–H groups in total. The van der Waals surface area contributed by atoms with Crippen molar-refractivity contribution >= 4 is 22.4 Å². The average Bonchev–Trinajstić information content (AvgIpc) is 3.02. The standard InChI is InChI=1S/C18H17N5O2/c1-11(2)17(18-21-15-5-3-4-6-16(15)22-18)20-14-8-7-13(23(24)25)9-12(14)10-19/h3-9,11,17,20H,1-2H3,(H,21,22)/t17-/m1/s1. The van der Waals surface area contributed by atoms with E-state index in [0.717, 1.165) is 16.9 Å². The molecule has 0 radical (unpaired) electrons. The zero-order chi connectivity index (χ0) is 18.0. The molecule has 0 aliphatic carbocycles. The van der Waals surface area contributed by atoms with Crippen LogP contribution in [-0.2, 0) is 0 Å². The van der Waals surface area contributed by atoms with Crippen molar-refractivity contribution in [1.29, 1.82) is 5.26 Å². The van der Waals surface area contributed by atoms with E-state index in [4.69, 9.17) is 0 Å². The maximum Gasteiger partial charge on any atom is 0.270 e. The summed E-state index contributed by atoms with van der Waals surface area (Å²) in [6.07, 6.45) is 0. The number of nitrogens with one attached hydrogen (secondary N) is 2. The van der Waals surface area contributed by atoms with E-state index in [1.807, 2.05) is 44.2 Å². The topological polar surface area (TPSA) is 108 Å². The van der Waals surface area contributed by atoms with E-state index < -0.39 is 4.92 Å². The van der Waals surface area contributed by atoms with Crippen LogP contribution in [0.25, 0.3) is 11.0 Å². The highest BCUT2D eigenvalue weighted by molar-refractivity contribution is 5.75. The number of aromatic amines is 1. The summed E-state index contributed by atoms with van der Waals surface area (Å²) < 4.78 is 0. The summed E-state index contributed by atoms with van der Waals surface area (Å²) in [6, 6.07) is 13.8. The second-order valence-corrected chi connectivity index (χ2v) is 6.10. The maximum atomic E-state index is 10.9. The Hall–Kier alpha value is -3.40. The summed E-state index contributed by atoms with van der Waals surface area (Å²) in [5, 5.41) is 23.5. The van der Waals surface area contributed by atoms with E-state index >= 15 is 0 Å². The quantitative estimate of drug-likeness (QED) is 0.538. The van der Waals surface area contributed by atoms with E-state index in [2.05, 4.69) is 15.3 Å². The molecule has 0 aliphatic rings. The number of hydrogen-bond acceptors (Lipinski definition) is 5. The van der Waals surface area contributed by atoms with Gasteiger partial charge in [-0.2, -0.15) is 5.26 Å². The lowest BCUT2D eigenvalue weighted by atomic mass is 10.0. The third kappa shape index (κ3) is 3.28. The number of hydrogen-bond donors (Lipinski definition) is 2. The molecule has 0 saturated heterocycles. The van der Waals surface area contributed by atoms with Crippen molar-refractivity contribution < 1.29 is 4.92 Å². The first-order valence-electron chi connectivity index (χ1n) is 7.89. The van der Waals surface area contributed by atoms with Crippen LogP contribution in [0.2, 0.25) is 0 Å². The smallest absolute Gasteiger partial charge is 0.270 e. The highest BCUT2D eigenvalue weighted by Gasteiger charge is 2.21. The van der Waals surface area contributed by atoms with Gasteiger partial charge >= 0.3 is 0 Å². The zero-order valence-corrected chi connectivity index (χ0v) is 13.9. The van der Waals surface area contributed by atoms with Gasteiger partial charge < -0.3 is 10.3 Å². The second kappa shape index (κ2) is 6.61. The Labute approximate surface area is 144 Å².